The summed E-state index contributed by atoms with van der Waals surface area (Å²) >= 11 is 0. The Kier molecular flexibility index (Phi) is 29.2. The molecular formula is C48H79N2O4+. The van der Waals surface area contributed by atoms with Crippen molar-refractivity contribution < 1.29 is 20.9 Å². The molecule has 0 fully saturated rings. The lowest BCUT2D eigenvalue weighted by Crippen LogP contribution is -2.27. The van der Waals surface area contributed by atoms with Crippen LogP contribution in [-0.4, -0.2) is 71.5 Å². The van der Waals surface area contributed by atoms with Gasteiger partial charge in [-0.15, -0.1) is 0 Å². The molecule has 6 heteroatoms. The molecule has 1 N–H and O–H groups in total. The van der Waals surface area contributed by atoms with Crippen LogP contribution in [0.4, 0.5) is 0 Å². The summed E-state index contributed by atoms with van der Waals surface area (Å²) in [5.74, 6) is 0.0868. The Morgan fingerprint density at radius 1 is 0.519 bits per heavy atom. The number of Topliss-reactive ketones (excluding diaryl/α,β-unsaturated/α-hetero) is 2. The van der Waals surface area contributed by atoms with E-state index in [2.05, 4.69) is 63.5 Å². The van der Waals surface area contributed by atoms with E-state index >= 15 is 0 Å². The summed E-state index contributed by atoms with van der Waals surface area (Å²) in [6.45, 7) is 20.2. The second kappa shape index (κ2) is 32.2. The predicted molar refractivity (Wildman–Crippen MR) is 232 cm³/mol. The van der Waals surface area contributed by atoms with E-state index in [-0.39, 0.29) is 31.0 Å². The van der Waals surface area contributed by atoms with Crippen molar-refractivity contribution >= 4 is 23.1 Å². The molecule has 0 unspecified atom stereocenters. The number of rotatable bonds is 31. The quantitative estimate of drug-likeness (QED) is 0.0358. The van der Waals surface area contributed by atoms with Crippen molar-refractivity contribution in [1.82, 2.24) is 9.80 Å². The van der Waals surface area contributed by atoms with E-state index < -0.39 is 0 Å². The third-order valence-corrected chi connectivity index (χ3v) is 9.96. The number of benzene rings is 2. The summed E-state index contributed by atoms with van der Waals surface area (Å²) in [6, 6.07) is 15.8. The van der Waals surface area contributed by atoms with E-state index in [1.165, 1.54) is 94.7 Å². The van der Waals surface area contributed by atoms with E-state index in [1.807, 2.05) is 36.4 Å². The van der Waals surface area contributed by atoms with Crippen molar-refractivity contribution in [2.75, 3.05) is 39.3 Å². The van der Waals surface area contributed by atoms with Gasteiger partial charge in [0, 0.05) is 30.0 Å². The highest BCUT2D eigenvalue weighted by Crippen LogP contribution is 2.16. The molecule has 0 saturated heterocycles. The zero-order valence-corrected chi connectivity index (χ0v) is 35.4. The average molecular weight is 748 g/mol. The van der Waals surface area contributed by atoms with Crippen molar-refractivity contribution in [3.63, 3.8) is 0 Å². The largest absolute Gasteiger partial charge is 1.00 e. The van der Waals surface area contributed by atoms with Gasteiger partial charge >= 0.3 is 1.43 Å². The van der Waals surface area contributed by atoms with Gasteiger partial charge in [0.15, 0.2) is 11.6 Å². The van der Waals surface area contributed by atoms with E-state index in [0.717, 1.165) is 70.0 Å². The first-order chi connectivity index (χ1) is 26.2. The van der Waals surface area contributed by atoms with Gasteiger partial charge < -0.3 is 14.9 Å². The second-order valence-corrected chi connectivity index (χ2v) is 15.0. The standard InChI is InChI=1S/2C24H39NO2/c2*1-4-7-12-23(26)20-24(27)22-15-13-21(14-16-22)11-10-19-25(17-8-5-2)18-9-6-3/h13-16H,4-12,17-20H2,1-3H3;13-16,20,27H,4-12,17-19H2,1-3H3/p+1/b;24-20-. The van der Waals surface area contributed by atoms with Gasteiger partial charge in [0.2, 0.25) is 0 Å². The first kappa shape index (κ1) is 48.9. The average Bonchev–Trinajstić information content (AvgIpc) is 3.18. The van der Waals surface area contributed by atoms with Crippen molar-refractivity contribution in [3.05, 3.63) is 76.9 Å². The van der Waals surface area contributed by atoms with E-state index in [4.69, 9.17) is 0 Å². The van der Waals surface area contributed by atoms with Gasteiger partial charge in [-0.2, -0.15) is 0 Å². The normalized spacial score (nSPS) is 11.5. The van der Waals surface area contributed by atoms with Crippen LogP contribution in [0.25, 0.3) is 5.76 Å². The Balaban J connectivity index is 0.00000104. The smallest absolute Gasteiger partial charge is 0.507 e. The maximum Gasteiger partial charge on any atom is 1.00 e. The number of carbonyl (C=O) groups excluding carboxylic acids is 3. The Morgan fingerprint density at radius 2 is 0.889 bits per heavy atom. The van der Waals surface area contributed by atoms with Crippen LogP contribution in [0.5, 0.6) is 0 Å². The molecule has 304 valence electrons. The van der Waals surface area contributed by atoms with Crippen molar-refractivity contribution in [2.24, 2.45) is 0 Å². The number of hydrogen-bond acceptors (Lipinski definition) is 6. The monoisotopic (exact) mass is 748 g/mol. The molecule has 0 aliphatic carbocycles. The van der Waals surface area contributed by atoms with Gasteiger partial charge in [-0.05, 0) is 115 Å². The second-order valence-electron chi connectivity index (χ2n) is 15.0. The van der Waals surface area contributed by atoms with E-state index in [9.17, 15) is 19.5 Å². The molecule has 2 rings (SSSR count). The molecule has 0 heterocycles. The van der Waals surface area contributed by atoms with Crippen LogP contribution in [0.1, 0.15) is 179 Å². The summed E-state index contributed by atoms with van der Waals surface area (Å²) in [5, 5.41) is 10.1. The highest BCUT2D eigenvalue weighted by Gasteiger charge is 2.12. The number of aliphatic hydroxyl groups is 1. The molecule has 0 aliphatic heterocycles. The zero-order chi connectivity index (χ0) is 39.8. The molecule has 2 aromatic rings. The molecule has 0 atom stereocenters. The number of hydrogen-bond donors (Lipinski definition) is 1. The van der Waals surface area contributed by atoms with E-state index in [0.29, 0.717) is 18.4 Å². The summed E-state index contributed by atoms with van der Waals surface area (Å²) in [7, 11) is 0. The van der Waals surface area contributed by atoms with Crippen molar-refractivity contribution in [2.45, 2.75) is 164 Å². The van der Waals surface area contributed by atoms with Gasteiger partial charge in [0.25, 0.3) is 0 Å². The fourth-order valence-corrected chi connectivity index (χ4v) is 6.31. The summed E-state index contributed by atoms with van der Waals surface area (Å²) in [6.07, 6.45) is 20.7. The minimum Gasteiger partial charge on any atom is -0.507 e. The molecular weight excluding hydrogens is 669 g/mol. The SMILES string of the molecule is CCCCC(=O)/C=C(\O)c1ccc(CCCN(CCCC)CCCC)cc1.CCCCC(=O)CC(=O)c1ccc(CCCN(CCCC)CCCC)cc1.[H+]. The fourth-order valence-electron chi connectivity index (χ4n) is 6.31. The van der Waals surface area contributed by atoms with Gasteiger partial charge in [0.05, 0.1) is 6.42 Å². The van der Waals surface area contributed by atoms with Gasteiger partial charge in [-0.3, -0.25) is 14.4 Å². The Bertz CT molecular complexity index is 1280. The fraction of sp³-hybridized carbons (Fsp3) is 0.646. The molecule has 0 aromatic heterocycles. The molecule has 0 radical (unpaired) electrons. The first-order valence-corrected chi connectivity index (χ1v) is 21.8. The molecule has 0 spiro atoms. The minimum absolute atomic E-state index is 0. The van der Waals surface area contributed by atoms with Crippen LogP contribution >= 0.6 is 0 Å². The zero-order valence-electron chi connectivity index (χ0n) is 36.4. The Morgan fingerprint density at radius 3 is 1.30 bits per heavy atom. The summed E-state index contributed by atoms with van der Waals surface area (Å²) < 4.78 is 0. The molecule has 6 nitrogen and oxygen atoms in total. The van der Waals surface area contributed by atoms with Crippen molar-refractivity contribution in [3.8, 4) is 0 Å². The lowest BCUT2D eigenvalue weighted by molar-refractivity contribution is -0.118. The molecule has 2 aromatic carbocycles. The number of carbonyl (C=O) groups is 3. The van der Waals surface area contributed by atoms with Crippen LogP contribution < -0.4 is 0 Å². The first-order valence-electron chi connectivity index (χ1n) is 21.8. The highest BCUT2D eigenvalue weighted by atomic mass is 16.3. The maximum atomic E-state index is 12.2. The minimum atomic E-state index is -0.0482. The maximum absolute atomic E-state index is 12.2. The van der Waals surface area contributed by atoms with Crippen molar-refractivity contribution in [1.29, 1.82) is 0 Å². The number of nitrogens with zero attached hydrogens (tertiary/aromatic N) is 2. The Labute approximate surface area is 332 Å². The molecule has 0 aliphatic rings. The van der Waals surface area contributed by atoms with Gasteiger partial charge in [-0.25, -0.2) is 0 Å². The highest BCUT2D eigenvalue weighted by molar-refractivity contribution is 6.07. The van der Waals surface area contributed by atoms with Gasteiger partial charge in [-0.1, -0.05) is 129 Å². The van der Waals surface area contributed by atoms with Crippen LogP contribution in [0, 0.1) is 0 Å². The van der Waals surface area contributed by atoms with Crippen LogP contribution in [0.2, 0.25) is 0 Å². The summed E-state index contributed by atoms with van der Waals surface area (Å²) in [4.78, 5) is 40.9. The molecule has 0 amide bonds. The third-order valence-electron chi connectivity index (χ3n) is 9.96. The van der Waals surface area contributed by atoms with E-state index in [1.54, 1.807) is 0 Å². The topological polar surface area (TPSA) is 77.9 Å². The number of aryl methyl sites for hydroxylation is 2. The number of unbranched alkanes of at least 4 members (excludes halogenated alkanes) is 6. The lowest BCUT2D eigenvalue weighted by atomic mass is 10.0. The number of ketones is 3. The molecule has 0 saturated carbocycles. The lowest BCUT2D eigenvalue weighted by Gasteiger charge is -2.21. The van der Waals surface area contributed by atoms with Crippen LogP contribution in [0.3, 0.4) is 0 Å². The van der Waals surface area contributed by atoms with Crippen LogP contribution in [-0.2, 0) is 22.4 Å². The summed E-state index contributed by atoms with van der Waals surface area (Å²) in [5.41, 5.74) is 3.94. The third kappa shape index (κ3) is 23.6. The molecule has 0 bridgehead atoms. The van der Waals surface area contributed by atoms with Gasteiger partial charge in [0.1, 0.15) is 11.5 Å². The molecule has 54 heavy (non-hydrogen) atoms. The predicted octanol–water partition coefficient (Wildman–Crippen LogP) is 12.1. The van der Waals surface area contributed by atoms with Crippen LogP contribution in [0.15, 0.2) is 54.6 Å². The number of aliphatic hydroxyl groups excluding tert-OH is 1. The Hall–Kier alpha value is -3.09. The number of allylic oxidation sites excluding steroid dienone is 1.